The second kappa shape index (κ2) is 9.62. The van der Waals surface area contributed by atoms with E-state index in [4.69, 9.17) is 17.0 Å². The Labute approximate surface area is 159 Å². The summed E-state index contributed by atoms with van der Waals surface area (Å²) in [4.78, 5) is 11.7. The molecule has 2 aromatic carbocycles. The lowest BCUT2D eigenvalue weighted by Crippen LogP contribution is -2.34. The van der Waals surface area contributed by atoms with E-state index in [1.54, 1.807) is 7.11 Å². The van der Waals surface area contributed by atoms with Crippen LogP contribution in [0.25, 0.3) is 0 Å². The predicted molar refractivity (Wildman–Crippen MR) is 110 cm³/mol. The molecular formula is C19H24N4O2S. The van der Waals surface area contributed by atoms with Crippen molar-refractivity contribution in [2.75, 3.05) is 17.7 Å². The number of anilines is 2. The fourth-order valence-corrected chi connectivity index (χ4v) is 2.36. The fourth-order valence-electron chi connectivity index (χ4n) is 2.17. The van der Waals surface area contributed by atoms with Gasteiger partial charge in [0, 0.05) is 24.0 Å². The van der Waals surface area contributed by atoms with Gasteiger partial charge in [0.2, 0.25) is 0 Å². The Hall–Kier alpha value is -2.80. The number of methoxy groups -OCH3 is 1. The molecule has 0 aliphatic rings. The van der Waals surface area contributed by atoms with E-state index in [0.717, 1.165) is 22.7 Å². The zero-order valence-corrected chi connectivity index (χ0v) is 15.9. The number of hydrogen-bond acceptors (Lipinski definition) is 3. The number of benzene rings is 2. The van der Waals surface area contributed by atoms with Gasteiger partial charge in [-0.1, -0.05) is 12.1 Å². The van der Waals surface area contributed by atoms with E-state index in [-0.39, 0.29) is 12.1 Å². The highest BCUT2D eigenvalue weighted by Gasteiger charge is 2.04. The molecule has 0 radical (unpaired) electrons. The molecule has 0 atom stereocenters. The van der Waals surface area contributed by atoms with Crippen LogP contribution < -0.4 is 26.0 Å². The fraction of sp³-hybridized carbons (Fsp3) is 0.263. The van der Waals surface area contributed by atoms with E-state index in [0.29, 0.717) is 11.7 Å². The van der Waals surface area contributed by atoms with Crippen molar-refractivity contribution in [1.82, 2.24) is 10.6 Å². The Morgan fingerprint density at radius 1 is 1.00 bits per heavy atom. The van der Waals surface area contributed by atoms with Crippen LogP contribution in [-0.2, 0) is 6.54 Å². The molecule has 4 N–H and O–H groups in total. The highest BCUT2D eigenvalue weighted by Crippen LogP contribution is 2.15. The van der Waals surface area contributed by atoms with E-state index < -0.39 is 0 Å². The maximum absolute atomic E-state index is 11.7. The van der Waals surface area contributed by atoms with Crippen LogP contribution in [0.5, 0.6) is 5.75 Å². The maximum atomic E-state index is 11.7. The van der Waals surface area contributed by atoms with Crippen molar-refractivity contribution in [2.45, 2.75) is 26.4 Å². The van der Waals surface area contributed by atoms with E-state index in [9.17, 15) is 4.79 Å². The zero-order valence-electron chi connectivity index (χ0n) is 15.1. The number of rotatable bonds is 6. The van der Waals surface area contributed by atoms with Crippen LogP contribution in [-0.4, -0.2) is 24.3 Å². The van der Waals surface area contributed by atoms with Crippen molar-refractivity contribution in [3.05, 3.63) is 54.1 Å². The summed E-state index contributed by atoms with van der Waals surface area (Å²) in [5.74, 6) is 0.796. The average Bonchev–Trinajstić information content (AvgIpc) is 2.61. The third-order valence-corrected chi connectivity index (χ3v) is 3.68. The summed E-state index contributed by atoms with van der Waals surface area (Å²) in [6.07, 6.45) is 0. The molecule has 2 aromatic rings. The number of carbonyl (C=O) groups excluding carboxylic acids is 1. The molecule has 0 fully saturated rings. The maximum Gasteiger partial charge on any atom is 0.319 e. The minimum absolute atomic E-state index is 0.0951. The van der Waals surface area contributed by atoms with Crippen molar-refractivity contribution >= 4 is 34.7 Å². The summed E-state index contributed by atoms with van der Waals surface area (Å²) in [6.45, 7) is 4.41. The highest BCUT2D eigenvalue weighted by atomic mass is 32.1. The summed E-state index contributed by atoms with van der Waals surface area (Å²) < 4.78 is 5.13. The minimum atomic E-state index is -0.212. The van der Waals surface area contributed by atoms with Crippen molar-refractivity contribution in [3.8, 4) is 5.75 Å². The molecule has 0 bridgehead atoms. The Balaban J connectivity index is 1.79. The smallest absolute Gasteiger partial charge is 0.319 e. The normalized spacial score (nSPS) is 10.2. The standard InChI is InChI=1S/C19H24N4O2S/c1-13(2)21-18(24)22-15-6-4-14(5-7-15)12-20-19(26)23-16-8-10-17(25-3)11-9-16/h4-11,13H,12H2,1-3H3,(H2,20,23,26)(H2,21,22,24). The summed E-state index contributed by atoms with van der Waals surface area (Å²) in [5.41, 5.74) is 2.68. The van der Waals surface area contributed by atoms with E-state index in [2.05, 4.69) is 21.3 Å². The minimum Gasteiger partial charge on any atom is -0.497 e. The molecular weight excluding hydrogens is 348 g/mol. The topological polar surface area (TPSA) is 74.4 Å². The molecule has 0 saturated heterocycles. The lowest BCUT2D eigenvalue weighted by atomic mass is 10.2. The van der Waals surface area contributed by atoms with Crippen molar-refractivity contribution < 1.29 is 9.53 Å². The van der Waals surface area contributed by atoms with Crippen LogP contribution in [0.3, 0.4) is 0 Å². The second-order valence-electron chi connectivity index (χ2n) is 5.99. The molecule has 0 heterocycles. The van der Waals surface area contributed by atoms with Gasteiger partial charge in [0.05, 0.1) is 7.11 Å². The number of nitrogens with one attached hydrogen (secondary N) is 4. The van der Waals surface area contributed by atoms with Gasteiger partial charge in [-0.05, 0) is 68.0 Å². The number of hydrogen-bond donors (Lipinski definition) is 4. The Kier molecular flexibility index (Phi) is 7.23. The van der Waals surface area contributed by atoms with Gasteiger partial charge in [-0.3, -0.25) is 0 Å². The lowest BCUT2D eigenvalue weighted by molar-refractivity contribution is 0.250. The molecule has 6 nitrogen and oxygen atoms in total. The van der Waals surface area contributed by atoms with Gasteiger partial charge in [0.15, 0.2) is 5.11 Å². The van der Waals surface area contributed by atoms with E-state index in [1.165, 1.54) is 0 Å². The molecule has 0 saturated carbocycles. The van der Waals surface area contributed by atoms with Gasteiger partial charge >= 0.3 is 6.03 Å². The van der Waals surface area contributed by atoms with Gasteiger partial charge < -0.3 is 26.0 Å². The van der Waals surface area contributed by atoms with Crippen LogP contribution in [0, 0.1) is 0 Å². The second-order valence-corrected chi connectivity index (χ2v) is 6.39. The first-order chi connectivity index (χ1) is 12.5. The van der Waals surface area contributed by atoms with Crippen molar-refractivity contribution in [2.24, 2.45) is 0 Å². The molecule has 0 unspecified atom stereocenters. The van der Waals surface area contributed by atoms with Gasteiger partial charge in [0.1, 0.15) is 5.75 Å². The van der Waals surface area contributed by atoms with Gasteiger partial charge in [-0.25, -0.2) is 4.79 Å². The van der Waals surface area contributed by atoms with Gasteiger partial charge in [0.25, 0.3) is 0 Å². The van der Waals surface area contributed by atoms with Crippen molar-refractivity contribution in [3.63, 3.8) is 0 Å². The summed E-state index contributed by atoms with van der Waals surface area (Å²) in [7, 11) is 1.63. The third-order valence-electron chi connectivity index (χ3n) is 3.43. The number of urea groups is 1. The Bertz CT molecular complexity index is 730. The quantitative estimate of drug-likeness (QED) is 0.582. The van der Waals surface area contributed by atoms with Gasteiger partial charge in [-0.2, -0.15) is 0 Å². The predicted octanol–water partition coefficient (Wildman–Crippen LogP) is 3.71. The first-order valence-corrected chi connectivity index (χ1v) is 8.72. The zero-order chi connectivity index (χ0) is 18.9. The third kappa shape index (κ3) is 6.60. The largest absolute Gasteiger partial charge is 0.497 e. The van der Waals surface area contributed by atoms with E-state index in [1.807, 2.05) is 62.4 Å². The van der Waals surface area contributed by atoms with Gasteiger partial charge in [-0.15, -0.1) is 0 Å². The molecule has 26 heavy (non-hydrogen) atoms. The number of ether oxygens (including phenoxy) is 1. The lowest BCUT2D eigenvalue weighted by Gasteiger charge is -2.12. The molecule has 2 rings (SSSR count). The molecule has 0 aliphatic carbocycles. The number of carbonyl (C=O) groups is 1. The molecule has 2 amide bonds. The van der Waals surface area contributed by atoms with Crippen LogP contribution in [0.4, 0.5) is 16.2 Å². The number of thiocarbonyl (C=S) groups is 1. The monoisotopic (exact) mass is 372 g/mol. The molecule has 0 aromatic heterocycles. The van der Waals surface area contributed by atoms with Crippen LogP contribution in [0.1, 0.15) is 19.4 Å². The van der Waals surface area contributed by atoms with Crippen LogP contribution in [0.15, 0.2) is 48.5 Å². The van der Waals surface area contributed by atoms with Crippen LogP contribution >= 0.6 is 12.2 Å². The highest BCUT2D eigenvalue weighted by molar-refractivity contribution is 7.80. The first kappa shape index (κ1) is 19.5. The number of amides is 2. The Morgan fingerprint density at radius 2 is 1.58 bits per heavy atom. The summed E-state index contributed by atoms with van der Waals surface area (Å²) in [5, 5.41) is 12.4. The molecule has 0 spiro atoms. The van der Waals surface area contributed by atoms with E-state index >= 15 is 0 Å². The van der Waals surface area contributed by atoms with Crippen LogP contribution in [0.2, 0.25) is 0 Å². The summed E-state index contributed by atoms with van der Waals surface area (Å²) >= 11 is 5.30. The first-order valence-electron chi connectivity index (χ1n) is 8.31. The van der Waals surface area contributed by atoms with Crippen molar-refractivity contribution in [1.29, 1.82) is 0 Å². The summed E-state index contributed by atoms with van der Waals surface area (Å²) in [6, 6.07) is 15.0. The SMILES string of the molecule is COc1ccc(NC(=S)NCc2ccc(NC(=O)NC(C)C)cc2)cc1. The molecule has 138 valence electrons. The molecule has 0 aliphatic heterocycles. The molecule has 7 heteroatoms. The Morgan fingerprint density at radius 3 is 2.15 bits per heavy atom. The average molecular weight is 372 g/mol.